The van der Waals surface area contributed by atoms with Gasteiger partial charge in [-0.2, -0.15) is 0 Å². The second kappa shape index (κ2) is 5.17. The van der Waals surface area contributed by atoms with Crippen LogP contribution in [-0.4, -0.2) is 68.4 Å². The molecule has 2 saturated heterocycles. The van der Waals surface area contributed by atoms with Gasteiger partial charge in [0.1, 0.15) is 0 Å². The first-order valence-corrected chi connectivity index (χ1v) is 8.38. The molecule has 0 unspecified atom stereocenters. The molecule has 0 aliphatic carbocycles. The maximum atomic E-state index is 12.1. The Morgan fingerprint density at radius 3 is 2.33 bits per heavy atom. The first-order chi connectivity index (χ1) is 8.37. The van der Waals surface area contributed by atoms with Gasteiger partial charge in [0.05, 0.1) is 18.1 Å². The van der Waals surface area contributed by atoms with Crippen LogP contribution >= 0.6 is 0 Å². The fourth-order valence-corrected chi connectivity index (χ4v) is 4.08. The van der Waals surface area contributed by atoms with Crippen LogP contribution in [0.4, 0.5) is 0 Å². The molecule has 104 valence electrons. The first kappa shape index (κ1) is 13.8. The highest BCUT2D eigenvalue weighted by Gasteiger charge is 2.37. The zero-order chi connectivity index (χ0) is 13.3. The van der Waals surface area contributed by atoms with Crippen molar-refractivity contribution in [2.75, 3.05) is 38.2 Å². The van der Waals surface area contributed by atoms with E-state index in [0.717, 1.165) is 25.9 Å². The monoisotopic (exact) mass is 274 g/mol. The molecule has 0 saturated carbocycles. The van der Waals surface area contributed by atoms with E-state index in [9.17, 15) is 13.2 Å². The molecule has 0 aromatic heterocycles. The van der Waals surface area contributed by atoms with Gasteiger partial charge in [0.2, 0.25) is 5.91 Å². The van der Waals surface area contributed by atoms with Gasteiger partial charge in [-0.25, -0.2) is 8.42 Å². The quantitative estimate of drug-likeness (QED) is 0.725. The van der Waals surface area contributed by atoms with Crippen molar-refractivity contribution in [1.29, 1.82) is 0 Å². The number of likely N-dealkylation sites (tertiary alicyclic amines) is 1. The Hall–Kier alpha value is -0.620. The third kappa shape index (κ3) is 3.23. The van der Waals surface area contributed by atoms with E-state index in [1.54, 1.807) is 0 Å². The van der Waals surface area contributed by atoms with E-state index in [1.807, 2.05) is 16.8 Å². The average Bonchev–Trinajstić information content (AvgIpc) is 2.26. The zero-order valence-electron chi connectivity index (χ0n) is 11.1. The number of piperidine rings is 1. The molecule has 2 fully saturated rings. The van der Waals surface area contributed by atoms with Crippen LogP contribution in [0.3, 0.4) is 0 Å². The summed E-state index contributed by atoms with van der Waals surface area (Å²) < 4.78 is 22.2. The van der Waals surface area contributed by atoms with Gasteiger partial charge in [-0.3, -0.25) is 9.69 Å². The summed E-state index contributed by atoms with van der Waals surface area (Å²) in [5.41, 5.74) is 0. The minimum absolute atomic E-state index is 0.0302. The lowest BCUT2D eigenvalue weighted by Gasteiger charge is -2.36. The second-order valence-electron chi connectivity index (χ2n) is 5.71. The molecule has 0 atom stereocenters. The van der Waals surface area contributed by atoms with Crippen molar-refractivity contribution in [3.05, 3.63) is 0 Å². The summed E-state index contributed by atoms with van der Waals surface area (Å²) in [5, 5.41) is 0. The summed E-state index contributed by atoms with van der Waals surface area (Å²) in [4.78, 5) is 15.8. The topological polar surface area (TPSA) is 57.7 Å². The largest absolute Gasteiger partial charge is 0.342 e. The Kier molecular flexibility index (Phi) is 3.96. The molecule has 0 bridgehead atoms. The average molecular weight is 274 g/mol. The highest BCUT2D eigenvalue weighted by molar-refractivity contribution is 7.92. The van der Waals surface area contributed by atoms with E-state index < -0.39 is 9.84 Å². The number of amides is 1. The van der Waals surface area contributed by atoms with Crippen LogP contribution in [0.25, 0.3) is 0 Å². The van der Waals surface area contributed by atoms with E-state index in [1.165, 1.54) is 0 Å². The summed E-state index contributed by atoms with van der Waals surface area (Å²) in [7, 11) is -0.973. The minimum atomic E-state index is -2.81. The van der Waals surface area contributed by atoms with Crippen molar-refractivity contribution in [2.45, 2.75) is 25.8 Å². The van der Waals surface area contributed by atoms with Gasteiger partial charge in [-0.1, -0.05) is 6.92 Å². The van der Waals surface area contributed by atoms with Gasteiger partial charge < -0.3 is 4.90 Å². The van der Waals surface area contributed by atoms with Gasteiger partial charge in [0, 0.05) is 19.1 Å². The molecule has 0 aromatic rings. The highest BCUT2D eigenvalue weighted by Crippen LogP contribution is 2.18. The fourth-order valence-electron chi connectivity index (χ4n) is 2.49. The van der Waals surface area contributed by atoms with Crippen LogP contribution in [-0.2, 0) is 14.6 Å². The molecule has 2 rings (SSSR count). The molecule has 0 radical (unpaired) electrons. The molecule has 2 aliphatic heterocycles. The number of hydrogen-bond donors (Lipinski definition) is 0. The van der Waals surface area contributed by atoms with Crippen LogP contribution < -0.4 is 0 Å². The first-order valence-electron chi connectivity index (χ1n) is 6.56. The number of hydrogen-bond acceptors (Lipinski definition) is 4. The van der Waals surface area contributed by atoms with Crippen molar-refractivity contribution in [2.24, 2.45) is 5.92 Å². The number of likely N-dealkylation sites (N-methyl/N-ethyl adjacent to an activating group) is 1. The van der Waals surface area contributed by atoms with Crippen LogP contribution in [0.2, 0.25) is 0 Å². The standard InChI is InChI=1S/C12H22N2O3S/c1-10-3-5-14(6-4-10)12(15)7-13(2)11-8-18(16,17)9-11/h10-11H,3-9H2,1-2H3. The van der Waals surface area contributed by atoms with Gasteiger partial charge in [-0.15, -0.1) is 0 Å². The third-order valence-electron chi connectivity index (χ3n) is 4.04. The Morgan fingerprint density at radius 1 is 1.28 bits per heavy atom. The maximum Gasteiger partial charge on any atom is 0.236 e. The Bertz CT molecular complexity index is 401. The van der Waals surface area contributed by atoms with E-state index in [0.29, 0.717) is 12.5 Å². The Labute approximate surface area is 109 Å². The summed E-state index contributed by atoms with van der Waals surface area (Å²) in [6.45, 7) is 4.25. The molecular weight excluding hydrogens is 252 g/mol. The van der Waals surface area contributed by atoms with E-state index in [4.69, 9.17) is 0 Å². The van der Waals surface area contributed by atoms with E-state index >= 15 is 0 Å². The van der Waals surface area contributed by atoms with E-state index in [2.05, 4.69) is 6.92 Å². The molecule has 0 aromatic carbocycles. The number of carbonyl (C=O) groups is 1. The van der Waals surface area contributed by atoms with Gasteiger partial charge >= 0.3 is 0 Å². The predicted octanol–water partition coefficient (Wildman–Crippen LogP) is -0.0263. The lowest BCUT2D eigenvalue weighted by Crippen LogP contribution is -2.54. The highest BCUT2D eigenvalue weighted by atomic mass is 32.2. The lowest BCUT2D eigenvalue weighted by atomic mass is 9.99. The minimum Gasteiger partial charge on any atom is -0.342 e. The number of sulfone groups is 1. The maximum absolute atomic E-state index is 12.1. The van der Waals surface area contributed by atoms with Crippen LogP contribution in [0, 0.1) is 5.92 Å². The van der Waals surface area contributed by atoms with Crippen molar-refractivity contribution < 1.29 is 13.2 Å². The van der Waals surface area contributed by atoms with Crippen LogP contribution in [0.1, 0.15) is 19.8 Å². The van der Waals surface area contributed by atoms with Crippen LogP contribution in [0.5, 0.6) is 0 Å². The normalized spacial score (nSPS) is 25.2. The third-order valence-corrected chi connectivity index (χ3v) is 5.82. The lowest BCUT2D eigenvalue weighted by molar-refractivity contribution is -0.133. The van der Waals surface area contributed by atoms with Crippen molar-refractivity contribution in [3.63, 3.8) is 0 Å². The van der Waals surface area contributed by atoms with Gasteiger partial charge in [-0.05, 0) is 25.8 Å². The Balaban J connectivity index is 1.77. The molecular formula is C12H22N2O3S. The van der Waals surface area contributed by atoms with Gasteiger partial charge in [0.15, 0.2) is 9.84 Å². The summed E-state index contributed by atoms with van der Waals surface area (Å²) in [6, 6.07) is 0.0302. The molecule has 6 heteroatoms. The van der Waals surface area contributed by atoms with E-state index in [-0.39, 0.29) is 23.5 Å². The van der Waals surface area contributed by atoms with Crippen molar-refractivity contribution in [1.82, 2.24) is 9.80 Å². The van der Waals surface area contributed by atoms with Crippen LogP contribution in [0.15, 0.2) is 0 Å². The summed E-state index contributed by atoms with van der Waals surface area (Å²) in [5.74, 6) is 1.25. The number of rotatable bonds is 3. The van der Waals surface area contributed by atoms with Crippen molar-refractivity contribution in [3.8, 4) is 0 Å². The van der Waals surface area contributed by atoms with Gasteiger partial charge in [0.25, 0.3) is 0 Å². The molecule has 5 nitrogen and oxygen atoms in total. The SMILES string of the molecule is CC1CCN(C(=O)CN(C)C2CS(=O)(=O)C2)CC1. The molecule has 2 heterocycles. The molecule has 18 heavy (non-hydrogen) atoms. The predicted molar refractivity (Wildman–Crippen MR) is 70.0 cm³/mol. The van der Waals surface area contributed by atoms with Crippen molar-refractivity contribution >= 4 is 15.7 Å². The molecule has 0 spiro atoms. The molecule has 1 amide bonds. The molecule has 0 N–H and O–H groups in total. The number of nitrogens with zero attached hydrogens (tertiary/aromatic N) is 2. The number of carbonyl (C=O) groups excluding carboxylic acids is 1. The molecule has 2 aliphatic rings. The smallest absolute Gasteiger partial charge is 0.236 e. The Morgan fingerprint density at radius 2 is 1.83 bits per heavy atom. The second-order valence-corrected chi connectivity index (χ2v) is 7.86. The fraction of sp³-hybridized carbons (Fsp3) is 0.917. The zero-order valence-corrected chi connectivity index (χ0v) is 11.9. The summed E-state index contributed by atoms with van der Waals surface area (Å²) in [6.07, 6.45) is 2.15. The summed E-state index contributed by atoms with van der Waals surface area (Å²) >= 11 is 0.